The number of ether oxygens (including phenoxy) is 1. The van der Waals surface area contributed by atoms with Crippen molar-refractivity contribution in [3.05, 3.63) is 35.0 Å². The molecule has 2 aromatic rings. The van der Waals surface area contributed by atoms with Gasteiger partial charge in [-0.25, -0.2) is 9.89 Å². The highest BCUT2D eigenvalue weighted by molar-refractivity contribution is 5.87. The van der Waals surface area contributed by atoms with E-state index in [1.54, 1.807) is 6.07 Å². The normalized spacial score (nSPS) is 10.2. The Kier molecular flexibility index (Phi) is 2.78. The molecule has 6 heteroatoms. The summed E-state index contributed by atoms with van der Waals surface area (Å²) in [5.74, 6) is -0.577. The van der Waals surface area contributed by atoms with Gasteiger partial charge in [-0.1, -0.05) is 22.9 Å². The van der Waals surface area contributed by atoms with Crippen LogP contribution in [0.4, 0.5) is 0 Å². The minimum atomic E-state index is -1.18. The summed E-state index contributed by atoms with van der Waals surface area (Å²) in [6.07, 6.45) is 0. The molecule has 0 bridgehead atoms. The predicted octanol–water partition coefficient (Wildman–Crippen LogP) is 1.91. The molecule has 0 amide bonds. The molecule has 0 aliphatic rings. The highest BCUT2D eigenvalue weighted by Gasteiger charge is 2.17. The molecule has 0 aliphatic carbocycles. The average molecular weight is 233 g/mol. The maximum atomic E-state index is 10.8. The van der Waals surface area contributed by atoms with E-state index in [0.29, 0.717) is 5.75 Å². The van der Waals surface area contributed by atoms with Gasteiger partial charge in [0.15, 0.2) is 0 Å². The number of aromatic carboxylic acids is 1. The zero-order chi connectivity index (χ0) is 12.4. The van der Waals surface area contributed by atoms with Gasteiger partial charge >= 0.3 is 5.97 Å². The van der Waals surface area contributed by atoms with Crippen molar-refractivity contribution >= 4 is 5.97 Å². The Morgan fingerprint density at radius 1 is 1.41 bits per heavy atom. The van der Waals surface area contributed by atoms with Crippen LogP contribution in [0.15, 0.2) is 18.2 Å². The third-order valence-electron chi connectivity index (χ3n) is 2.26. The number of H-pyrrole nitrogens is 1. The van der Waals surface area contributed by atoms with Gasteiger partial charge in [-0.3, -0.25) is 0 Å². The Morgan fingerprint density at radius 3 is 2.82 bits per heavy atom. The first-order chi connectivity index (χ1) is 8.08. The molecule has 0 saturated heterocycles. The average Bonchev–Trinajstić information content (AvgIpc) is 2.70. The maximum absolute atomic E-state index is 10.8. The predicted molar refractivity (Wildman–Crippen MR) is 59.3 cm³/mol. The van der Waals surface area contributed by atoms with Crippen molar-refractivity contribution in [2.24, 2.45) is 0 Å². The molecule has 0 unspecified atom stereocenters. The number of aryl methyl sites for hydroxylation is 2. The lowest BCUT2D eigenvalue weighted by molar-refractivity contribution is 0.0687. The van der Waals surface area contributed by atoms with Crippen LogP contribution in [-0.4, -0.2) is 26.5 Å². The van der Waals surface area contributed by atoms with Crippen molar-refractivity contribution in [3.63, 3.8) is 0 Å². The van der Waals surface area contributed by atoms with Crippen LogP contribution in [0.3, 0.4) is 0 Å². The molecule has 2 rings (SSSR count). The minimum absolute atomic E-state index is 0.0319. The van der Waals surface area contributed by atoms with Crippen molar-refractivity contribution < 1.29 is 14.6 Å². The number of carbonyl (C=O) groups is 1. The molecule has 88 valence electrons. The quantitative estimate of drug-likeness (QED) is 0.845. The number of rotatable bonds is 3. The minimum Gasteiger partial charge on any atom is -0.476 e. The Labute approximate surface area is 97.2 Å². The number of nitrogens with zero attached hydrogens (tertiary/aromatic N) is 2. The Hall–Kier alpha value is -2.37. The lowest BCUT2D eigenvalue weighted by atomic mass is 10.1. The molecule has 17 heavy (non-hydrogen) atoms. The zero-order valence-electron chi connectivity index (χ0n) is 9.39. The highest BCUT2D eigenvalue weighted by atomic mass is 16.5. The number of hydrogen-bond acceptors (Lipinski definition) is 4. The van der Waals surface area contributed by atoms with E-state index < -0.39 is 5.97 Å². The summed E-state index contributed by atoms with van der Waals surface area (Å²) < 4.78 is 5.44. The highest BCUT2D eigenvalue weighted by Crippen LogP contribution is 2.25. The fraction of sp³-hybridized carbons (Fsp3) is 0.182. The van der Waals surface area contributed by atoms with E-state index in [0.717, 1.165) is 11.1 Å². The molecule has 1 aromatic heterocycles. The number of benzene rings is 1. The number of hydrogen-bond donors (Lipinski definition) is 2. The lowest BCUT2D eigenvalue weighted by Crippen LogP contribution is -2.00. The number of carboxylic acids is 1. The topological polar surface area (TPSA) is 88.1 Å². The van der Waals surface area contributed by atoms with Crippen molar-refractivity contribution in [2.45, 2.75) is 13.8 Å². The third kappa shape index (κ3) is 2.25. The summed E-state index contributed by atoms with van der Waals surface area (Å²) in [5.41, 5.74) is 1.79. The molecule has 0 atom stereocenters. The SMILES string of the molecule is Cc1ccc(Oc2[nH]nnc2C(=O)O)c(C)c1. The monoisotopic (exact) mass is 233 g/mol. The molecule has 0 fully saturated rings. The molecule has 0 spiro atoms. The standard InChI is InChI=1S/C11H11N3O3/c1-6-3-4-8(7(2)5-6)17-10-9(11(15)16)12-14-13-10/h3-5H,1-2H3,(H,15,16)(H,12,13,14). The van der Waals surface area contributed by atoms with Gasteiger partial charge in [-0.2, -0.15) is 0 Å². The lowest BCUT2D eigenvalue weighted by Gasteiger charge is -2.07. The summed E-state index contributed by atoms with van der Waals surface area (Å²) in [4.78, 5) is 10.8. The fourth-order valence-electron chi connectivity index (χ4n) is 1.45. The third-order valence-corrected chi connectivity index (χ3v) is 2.26. The van der Waals surface area contributed by atoms with Gasteiger partial charge in [0.2, 0.25) is 5.69 Å². The van der Waals surface area contributed by atoms with Gasteiger partial charge in [0.25, 0.3) is 5.88 Å². The Morgan fingerprint density at radius 2 is 2.18 bits per heavy atom. The molecular weight excluding hydrogens is 222 g/mol. The van der Waals surface area contributed by atoms with Crippen LogP contribution in [0.5, 0.6) is 11.6 Å². The van der Waals surface area contributed by atoms with Gasteiger partial charge in [0.1, 0.15) is 5.75 Å². The Bertz CT molecular complexity index is 563. The van der Waals surface area contributed by atoms with Crippen molar-refractivity contribution in [2.75, 3.05) is 0 Å². The van der Waals surface area contributed by atoms with Crippen LogP contribution in [0.2, 0.25) is 0 Å². The van der Waals surface area contributed by atoms with Crippen molar-refractivity contribution in [3.8, 4) is 11.6 Å². The fourth-order valence-corrected chi connectivity index (χ4v) is 1.45. The van der Waals surface area contributed by atoms with Gasteiger partial charge in [-0.05, 0) is 25.5 Å². The van der Waals surface area contributed by atoms with E-state index >= 15 is 0 Å². The van der Waals surface area contributed by atoms with Gasteiger partial charge in [0.05, 0.1) is 0 Å². The summed E-state index contributed by atoms with van der Waals surface area (Å²) >= 11 is 0. The number of aromatic nitrogens is 3. The second-order valence-corrected chi connectivity index (χ2v) is 3.67. The van der Waals surface area contributed by atoms with Gasteiger partial charge < -0.3 is 9.84 Å². The summed E-state index contributed by atoms with van der Waals surface area (Å²) in [6, 6.07) is 5.60. The molecule has 2 N–H and O–H groups in total. The molecule has 0 aliphatic heterocycles. The van der Waals surface area contributed by atoms with Gasteiger partial charge in [-0.15, -0.1) is 5.10 Å². The van der Waals surface area contributed by atoms with E-state index in [2.05, 4.69) is 15.4 Å². The van der Waals surface area contributed by atoms with E-state index in [1.807, 2.05) is 26.0 Å². The van der Waals surface area contributed by atoms with E-state index in [-0.39, 0.29) is 11.6 Å². The van der Waals surface area contributed by atoms with Crippen LogP contribution in [0, 0.1) is 13.8 Å². The van der Waals surface area contributed by atoms with Crippen LogP contribution in [-0.2, 0) is 0 Å². The molecular formula is C11H11N3O3. The summed E-state index contributed by atoms with van der Waals surface area (Å²) in [6.45, 7) is 3.85. The molecule has 6 nitrogen and oxygen atoms in total. The van der Waals surface area contributed by atoms with Crippen LogP contribution < -0.4 is 4.74 Å². The van der Waals surface area contributed by atoms with Gasteiger partial charge in [0, 0.05) is 0 Å². The van der Waals surface area contributed by atoms with E-state index in [4.69, 9.17) is 9.84 Å². The summed E-state index contributed by atoms with van der Waals surface area (Å²) in [5, 5.41) is 18.1. The molecule has 1 heterocycles. The second-order valence-electron chi connectivity index (χ2n) is 3.67. The number of carboxylic acid groups (broad SMARTS) is 1. The summed E-state index contributed by atoms with van der Waals surface area (Å²) in [7, 11) is 0. The van der Waals surface area contributed by atoms with Crippen LogP contribution in [0.1, 0.15) is 21.6 Å². The second kappa shape index (κ2) is 4.25. The number of aromatic amines is 1. The van der Waals surface area contributed by atoms with Crippen molar-refractivity contribution in [1.82, 2.24) is 15.4 Å². The smallest absolute Gasteiger partial charge is 0.362 e. The van der Waals surface area contributed by atoms with Crippen molar-refractivity contribution in [1.29, 1.82) is 0 Å². The Balaban J connectivity index is 2.31. The first-order valence-electron chi connectivity index (χ1n) is 4.97. The molecule has 0 radical (unpaired) electrons. The van der Waals surface area contributed by atoms with Crippen LogP contribution in [0.25, 0.3) is 0 Å². The number of nitrogens with one attached hydrogen (secondary N) is 1. The maximum Gasteiger partial charge on any atom is 0.362 e. The van der Waals surface area contributed by atoms with Crippen LogP contribution >= 0.6 is 0 Å². The largest absolute Gasteiger partial charge is 0.476 e. The molecule has 0 saturated carbocycles. The molecule has 1 aromatic carbocycles. The first-order valence-corrected chi connectivity index (χ1v) is 4.97. The van der Waals surface area contributed by atoms with E-state index in [1.165, 1.54) is 0 Å². The van der Waals surface area contributed by atoms with E-state index in [9.17, 15) is 4.79 Å². The zero-order valence-corrected chi connectivity index (χ0v) is 9.39. The first kappa shape index (κ1) is 11.1.